The average molecular weight is 414 g/mol. The first-order chi connectivity index (χ1) is 13.3. The van der Waals surface area contributed by atoms with Crippen LogP contribution in [0, 0.1) is 11.6 Å². The van der Waals surface area contributed by atoms with Gasteiger partial charge in [0.2, 0.25) is 10.0 Å². The lowest BCUT2D eigenvalue weighted by molar-refractivity contribution is -0.895. The smallest absolute Gasteiger partial charge is 0.275 e. The molecule has 1 aromatic heterocycles. The molecule has 3 rings (SSSR count). The van der Waals surface area contributed by atoms with Crippen molar-refractivity contribution < 1.29 is 31.3 Å². The second-order valence-electron chi connectivity index (χ2n) is 6.71. The van der Waals surface area contributed by atoms with Gasteiger partial charge >= 0.3 is 0 Å². The molecule has 0 bridgehead atoms. The summed E-state index contributed by atoms with van der Waals surface area (Å²) in [5, 5.41) is 2.84. The Morgan fingerprint density at radius 2 is 2.00 bits per heavy atom. The van der Waals surface area contributed by atoms with Crippen molar-refractivity contribution in [3.63, 3.8) is 0 Å². The predicted octanol–water partition coefficient (Wildman–Crippen LogP) is 0.324. The fourth-order valence-corrected chi connectivity index (χ4v) is 4.66. The number of furan rings is 1. The molecular weight excluding hydrogens is 392 g/mol. The van der Waals surface area contributed by atoms with Gasteiger partial charge in [0.1, 0.15) is 22.3 Å². The number of amides is 1. The molecule has 0 aliphatic carbocycles. The number of hydrogen-bond acceptors (Lipinski definition) is 4. The number of sulfonamides is 1. The standard InChI is InChI=1S/C18H21F2N3O4S/c1-13(16-3-2-10-27-16)21-18(24)12-22-6-8-23(9-7-22)28(25,26)17-5-4-14(19)11-15(17)20/h2-5,10-11,13H,6-9,12H2,1H3,(H,21,24)/p+1/t13-/m0/s1. The van der Waals surface area contributed by atoms with Gasteiger partial charge in [0.15, 0.2) is 6.54 Å². The third-order valence-corrected chi connectivity index (χ3v) is 6.63. The van der Waals surface area contributed by atoms with Crippen LogP contribution in [0.15, 0.2) is 45.9 Å². The van der Waals surface area contributed by atoms with Crippen molar-refractivity contribution in [2.24, 2.45) is 0 Å². The largest absolute Gasteiger partial charge is 0.467 e. The van der Waals surface area contributed by atoms with Gasteiger partial charge in [-0.05, 0) is 31.2 Å². The Kier molecular flexibility index (Phi) is 6.11. The minimum atomic E-state index is -4.04. The third kappa shape index (κ3) is 4.57. The van der Waals surface area contributed by atoms with Crippen LogP contribution in [0.5, 0.6) is 0 Å². The summed E-state index contributed by atoms with van der Waals surface area (Å²) in [4.78, 5) is 12.6. The van der Waals surface area contributed by atoms with E-state index in [2.05, 4.69) is 5.32 Å². The molecular formula is C18H22F2N3O4S+. The highest BCUT2D eigenvalue weighted by molar-refractivity contribution is 7.89. The van der Waals surface area contributed by atoms with Gasteiger partial charge in [-0.15, -0.1) is 0 Å². The number of hydrogen-bond donors (Lipinski definition) is 2. The molecule has 1 atom stereocenters. The molecule has 2 heterocycles. The van der Waals surface area contributed by atoms with E-state index in [1.807, 2.05) is 6.92 Å². The van der Waals surface area contributed by atoms with Crippen LogP contribution in [0.2, 0.25) is 0 Å². The molecule has 1 fully saturated rings. The second kappa shape index (κ2) is 8.38. The highest BCUT2D eigenvalue weighted by Gasteiger charge is 2.33. The number of carbonyl (C=O) groups excluding carboxylic acids is 1. The zero-order valence-corrected chi connectivity index (χ0v) is 16.1. The first-order valence-electron chi connectivity index (χ1n) is 8.89. The quantitative estimate of drug-likeness (QED) is 0.714. The zero-order chi connectivity index (χ0) is 20.3. The summed E-state index contributed by atoms with van der Waals surface area (Å²) in [6, 6.07) is 5.66. The minimum Gasteiger partial charge on any atom is -0.467 e. The maximum Gasteiger partial charge on any atom is 0.275 e. The number of nitrogens with zero attached hydrogens (tertiary/aromatic N) is 1. The van der Waals surface area contributed by atoms with E-state index in [4.69, 9.17) is 4.42 Å². The molecule has 2 N–H and O–H groups in total. The van der Waals surface area contributed by atoms with E-state index in [0.29, 0.717) is 24.9 Å². The van der Waals surface area contributed by atoms with Crippen molar-refractivity contribution in [2.45, 2.75) is 17.9 Å². The summed E-state index contributed by atoms with van der Waals surface area (Å²) in [5.74, 6) is -1.46. The summed E-state index contributed by atoms with van der Waals surface area (Å²) < 4.78 is 58.5. The lowest BCUT2D eigenvalue weighted by Gasteiger charge is -2.31. The van der Waals surface area contributed by atoms with Crippen molar-refractivity contribution in [2.75, 3.05) is 32.7 Å². The summed E-state index contributed by atoms with van der Waals surface area (Å²) in [7, 11) is -4.04. The number of carbonyl (C=O) groups is 1. The lowest BCUT2D eigenvalue weighted by atomic mass is 10.2. The SMILES string of the molecule is C[C@H](NC(=O)C[NH+]1CCN(S(=O)(=O)c2ccc(F)cc2F)CC1)c1ccco1. The molecule has 0 spiro atoms. The number of rotatable bonds is 6. The Morgan fingerprint density at radius 3 is 2.61 bits per heavy atom. The predicted molar refractivity (Wildman–Crippen MR) is 95.9 cm³/mol. The molecule has 0 unspecified atom stereocenters. The van der Waals surface area contributed by atoms with Gasteiger partial charge in [0.05, 0.1) is 38.5 Å². The maximum atomic E-state index is 13.9. The number of halogens is 2. The van der Waals surface area contributed by atoms with Crippen molar-refractivity contribution in [3.8, 4) is 0 Å². The minimum absolute atomic E-state index is 0.148. The van der Waals surface area contributed by atoms with E-state index in [0.717, 1.165) is 21.3 Å². The zero-order valence-electron chi connectivity index (χ0n) is 15.3. The summed E-state index contributed by atoms with van der Waals surface area (Å²) in [6.07, 6.45) is 1.53. The molecule has 7 nitrogen and oxygen atoms in total. The molecule has 0 radical (unpaired) electrons. The third-order valence-electron chi connectivity index (χ3n) is 4.70. The van der Waals surface area contributed by atoms with Gasteiger partial charge in [0.25, 0.3) is 5.91 Å². The van der Waals surface area contributed by atoms with Crippen LogP contribution in [0.4, 0.5) is 8.78 Å². The van der Waals surface area contributed by atoms with Gasteiger partial charge in [-0.1, -0.05) is 0 Å². The second-order valence-corrected chi connectivity index (χ2v) is 8.62. The van der Waals surface area contributed by atoms with Crippen molar-refractivity contribution >= 4 is 15.9 Å². The van der Waals surface area contributed by atoms with E-state index >= 15 is 0 Å². The number of quaternary nitrogens is 1. The summed E-state index contributed by atoms with van der Waals surface area (Å²) in [5.41, 5.74) is 0. The van der Waals surface area contributed by atoms with Crippen LogP contribution in [-0.4, -0.2) is 51.4 Å². The topological polar surface area (TPSA) is 84.1 Å². The maximum absolute atomic E-state index is 13.9. The normalized spacial score (nSPS) is 17.4. The van der Waals surface area contributed by atoms with E-state index in [-0.39, 0.29) is 31.6 Å². The Hall–Kier alpha value is -2.30. The molecule has 152 valence electrons. The van der Waals surface area contributed by atoms with E-state index < -0.39 is 26.6 Å². The summed E-state index contributed by atoms with van der Waals surface area (Å²) in [6.45, 7) is 3.12. The molecule has 28 heavy (non-hydrogen) atoms. The highest BCUT2D eigenvalue weighted by Crippen LogP contribution is 2.20. The molecule has 1 amide bonds. The first-order valence-corrected chi connectivity index (χ1v) is 10.3. The fourth-order valence-electron chi connectivity index (χ4n) is 3.17. The summed E-state index contributed by atoms with van der Waals surface area (Å²) >= 11 is 0. The Morgan fingerprint density at radius 1 is 1.29 bits per heavy atom. The number of nitrogens with one attached hydrogen (secondary N) is 2. The van der Waals surface area contributed by atoms with Crippen LogP contribution in [0.3, 0.4) is 0 Å². The molecule has 1 aromatic carbocycles. The van der Waals surface area contributed by atoms with Crippen LogP contribution >= 0.6 is 0 Å². The van der Waals surface area contributed by atoms with Gasteiger partial charge in [0, 0.05) is 6.07 Å². The van der Waals surface area contributed by atoms with Crippen LogP contribution < -0.4 is 10.2 Å². The van der Waals surface area contributed by atoms with Crippen LogP contribution in [-0.2, 0) is 14.8 Å². The Balaban J connectivity index is 1.54. The van der Waals surface area contributed by atoms with Gasteiger partial charge in [-0.3, -0.25) is 4.79 Å². The van der Waals surface area contributed by atoms with E-state index in [1.165, 1.54) is 6.26 Å². The molecule has 1 aliphatic rings. The van der Waals surface area contributed by atoms with E-state index in [9.17, 15) is 22.0 Å². The van der Waals surface area contributed by atoms with Gasteiger partial charge in [-0.2, -0.15) is 4.31 Å². The van der Waals surface area contributed by atoms with Gasteiger partial charge in [-0.25, -0.2) is 17.2 Å². The van der Waals surface area contributed by atoms with Crippen LogP contribution in [0.25, 0.3) is 0 Å². The van der Waals surface area contributed by atoms with Crippen LogP contribution in [0.1, 0.15) is 18.7 Å². The Labute approximate surface area is 162 Å². The van der Waals surface area contributed by atoms with E-state index in [1.54, 1.807) is 12.1 Å². The van der Waals surface area contributed by atoms with Crippen molar-refractivity contribution in [3.05, 3.63) is 54.0 Å². The fraction of sp³-hybridized carbons (Fsp3) is 0.389. The molecule has 1 saturated heterocycles. The average Bonchev–Trinajstić information content (AvgIpc) is 3.16. The molecule has 1 aliphatic heterocycles. The van der Waals surface area contributed by atoms with Crippen molar-refractivity contribution in [1.82, 2.24) is 9.62 Å². The number of benzene rings is 1. The molecule has 10 heteroatoms. The highest BCUT2D eigenvalue weighted by atomic mass is 32.2. The molecule has 0 saturated carbocycles. The number of piperazine rings is 1. The lowest BCUT2D eigenvalue weighted by Crippen LogP contribution is -3.15. The molecule has 2 aromatic rings. The first kappa shape index (κ1) is 20.4. The Bertz CT molecular complexity index is 926. The van der Waals surface area contributed by atoms with Crippen molar-refractivity contribution in [1.29, 1.82) is 0 Å². The van der Waals surface area contributed by atoms with Gasteiger partial charge < -0.3 is 14.6 Å². The monoisotopic (exact) mass is 414 g/mol.